The van der Waals surface area contributed by atoms with E-state index in [9.17, 15) is 4.79 Å². The van der Waals surface area contributed by atoms with Gasteiger partial charge in [0.1, 0.15) is 11.6 Å². The first-order valence-corrected chi connectivity index (χ1v) is 7.74. The lowest BCUT2D eigenvalue weighted by molar-refractivity contribution is -0.117. The van der Waals surface area contributed by atoms with Crippen LogP contribution in [0.2, 0.25) is 10.0 Å². The van der Waals surface area contributed by atoms with Crippen LogP contribution < -0.4 is 5.32 Å². The summed E-state index contributed by atoms with van der Waals surface area (Å²) in [6.45, 7) is 0.383. The number of carbonyl (C=O) groups is 1. The molecule has 0 heterocycles. The van der Waals surface area contributed by atoms with Gasteiger partial charge in [-0.2, -0.15) is 5.26 Å². The molecule has 2 aromatic rings. The minimum absolute atomic E-state index is 0.0680. The molecular formula is C18H14Cl2N2O. The molecule has 0 unspecified atom stereocenters. The van der Waals surface area contributed by atoms with Gasteiger partial charge in [-0.05, 0) is 35.8 Å². The summed E-state index contributed by atoms with van der Waals surface area (Å²) < 4.78 is 0. The molecule has 2 rings (SSSR count). The smallest absolute Gasteiger partial charge is 0.261 e. The van der Waals surface area contributed by atoms with Gasteiger partial charge in [-0.25, -0.2) is 0 Å². The molecule has 0 aliphatic rings. The highest BCUT2D eigenvalue weighted by atomic mass is 35.5. The number of nitrogens with zero attached hydrogens (tertiary/aromatic N) is 1. The van der Waals surface area contributed by atoms with E-state index >= 15 is 0 Å². The Morgan fingerprint density at radius 3 is 2.57 bits per heavy atom. The van der Waals surface area contributed by atoms with Gasteiger partial charge in [0.25, 0.3) is 5.91 Å². The van der Waals surface area contributed by atoms with Gasteiger partial charge < -0.3 is 5.32 Å². The Labute approximate surface area is 145 Å². The number of nitriles is 1. The summed E-state index contributed by atoms with van der Waals surface area (Å²) in [5.41, 5.74) is 1.76. The first kappa shape index (κ1) is 17.1. The summed E-state index contributed by atoms with van der Waals surface area (Å²) in [5.74, 6) is -0.401. The summed E-state index contributed by atoms with van der Waals surface area (Å²) in [4.78, 5) is 12.1. The van der Waals surface area contributed by atoms with E-state index in [4.69, 9.17) is 28.5 Å². The van der Waals surface area contributed by atoms with Gasteiger partial charge in [0, 0.05) is 16.6 Å². The van der Waals surface area contributed by atoms with Crippen molar-refractivity contribution in [1.82, 2.24) is 5.32 Å². The van der Waals surface area contributed by atoms with Crippen LogP contribution in [0, 0.1) is 11.3 Å². The number of halogens is 2. The minimum Gasteiger partial charge on any atom is -0.351 e. The Morgan fingerprint density at radius 2 is 1.91 bits per heavy atom. The van der Waals surface area contributed by atoms with Crippen LogP contribution in [0.3, 0.4) is 0 Å². The van der Waals surface area contributed by atoms with Gasteiger partial charge in [-0.1, -0.05) is 59.6 Å². The van der Waals surface area contributed by atoms with Gasteiger partial charge in [-0.15, -0.1) is 0 Å². The number of hydrogen-bond donors (Lipinski definition) is 1. The molecular weight excluding hydrogens is 331 g/mol. The van der Waals surface area contributed by atoms with Crippen LogP contribution in [-0.2, 0) is 11.2 Å². The Hall–Kier alpha value is -2.28. The lowest BCUT2D eigenvalue weighted by Gasteiger charge is -2.06. The van der Waals surface area contributed by atoms with E-state index in [0.717, 1.165) is 11.1 Å². The number of benzene rings is 2. The molecule has 0 saturated heterocycles. The molecule has 1 amide bonds. The predicted octanol–water partition coefficient (Wildman–Crippen LogP) is 4.26. The third-order valence-electron chi connectivity index (χ3n) is 3.17. The number of hydrogen-bond acceptors (Lipinski definition) is 2. The standard InChI is InChI=1S/C18H14Cl2N2O/c19-16-7-6-14(17(20)11-16)8-9-22-18(23)15(12-21)10-13-4-2-1-3-5-13/h1-7,10-11H,8-9H2,(H,22,23). The summed E-state index contributed by atoms with van der Waals surface area (Å²) in [5, 5.41) is 13.0. The zero-order valence-corrected chi connectivity index (χ0v) is 13.7. The van der Waals surface area contributed by atoms with Crippen molar-refractivity contribution in [3.05, 3.63) is 75.3 Å². The third kappa shape index (κ3) is 5.14. The quantitative estimate of drug-likeness (QED) is 0.650. The molecule has 1 N–H and O–H groups in total. The SMILES string of the molecule is N#CC(=Cc1ccccc1)C(=O)NCCc1ccc(Cl)cc1Cl. The molecule has 0 bridgehead atoms. The monoisotopic (exact) mass is 344 g/mol. The van der Waals surface area contributed by atoms with Crippen molar-refractivity contribution < 1.29 is 4.79 Å². The van der Waals surface area contributed by atoms with Crippen LogP contribution in [0.5, 0.6) is 0 Å². The van der Waals surface area contributed by atoms with Crippen LogP contribution in [0.1, 0.15) is 11.1 Å². The van der Waals surface area contributed by atoms with Gasteiger partial charge >= 0.3 is 0 Å². The molecule has 3 nitrogen and oxygen atoms in total. The van der Waals surface area contributed by atoms with Crippen molar-refractivity contribution in [2.75, 3.05) is 6.54 Å². The summed E-state index contributed by atoms with van der Waals surface area (Å²) in [6, 6.07) is 16.4. The predicted molar refractivity (Wildman–Crippen MR) is 93.2 cm³/mol. The summed E-state index contributed by atoms with van der Waals surface area (Å²) in [7, 11) is 0. The van der Waals surface area contributed by atoms with E-state index in [-0.39, 0.29) is 5.57 Å². The third-order valence-corrected chi connectivity index (χ3v) is 3.76. The molecule has 0 radical (unpaired) electrons. The van der Waals surface area contributed by atoms with Gasteiger partial charge in [0.15, 0.2) is 0 Å². The van der Waals surface area contributed by atoms with E-state index < -0.39 is 5.91 Å². The lowest BCUT2D eigenvalue weighted by Crippen LogP contribution is -2.26. The van der Waals surface area contributed by atoms with E-state index in [2.05, 4.69) is 5.32 Å². The van der Waals surface area contributed by atoms with Crippen molar-refractivity contribution in [2.45, 2.75) is 6.42 Å². The molecule has 2 aromatic carbocycles. The molecule has 0 spiro atoms. The average molecular weight is 345 g/mol. The first-order chi connectivity index (χ1) is 11.1. The van der Waals surface area contributed by atoms with Crippen molar-refractivity contribution >= 4 is 35.2 Å². The van der Waals surface area contributed by atoms with Crippen molar-refractivity contribution in [3.8, 4) is 6.07 Å². The molecule has 0 fully saturated rings. The van der Waals surface area contributed by atoms with Crippen molar-refractivity contribution in [1.29, 1.82) is 5.26 Å². The second kappa shape index (κ2) is 8.38. The minimum atomic E-state index is -0.401. The molecule has 116 valence electrons. The number of carbonyl (C=O) groups excluding carboxylic acids is 1. The Kier molecular flexibility index (Phi) is 6.22. The highest BCUT2D eigenvalue weighted by molar-refractivity contribution is 6.35. The maximum absolute atomic E-state index is 12.1. The summed E-state index contributed by atoms with van der Waals surface area (Å²) in [6.07, 6.45) is 2.12. The van der Waals surface area contributed by atoms with E-state index in [1.165, 1.54) is 0 Å². The first-order valence-electron chi connectivity index (χ1n) is 6.99. The largest absolute Gasteiger partial charge is 0.351 e. The fourth-order valence-corrected chi connectivity index (χ4v) is 2.50. The van der Waals surface area contributed by atoms with Gasteiger partial charge in [-0.3, -0.25) is 4.79 Å². The number of rotatable bonds is 5. The van der Waals surface area contributed by atoms with Crippen LogP contribution in [0.15, 0.2) is 54.1 Å². The fraction of sp³-hybridized carbons (Fsp3) is 0.111. The Bertz CT molecular complexity index is 764. The fourth-order valence-electron chi connectivity index (χ4n) is 1.99. The van der Waals surface area contributed by atoms with Gasteiger partial charge in [0.05, 0.1) is 0 Å². The summed E-state index contributed by atoms with van der Waals surface area (Å²) >= 11 is 11.9. The van der Waals surface area contributed by atoms with Crippen molar-refractivity contribution in [3.63, 3.8) is 0 Å². The topological polar surface area (TPSA) is 52.9 Å². The molecule has 0 atom stereocenters. The average Bonchev–Trinajstić information content (AvgIpc) is 2.55. The highest BCUT2D eigenvalue weighted by Gasteiger charge is 2.09. The maximum atomic E-state index is 12.1. The van der Waals surface area contributed by atoms with Crippen LogP contribution in [0.4, 0.5) is 0 Å². The van der Waals surface area contributed by atoms with Crippen LogP contribution in [-0.4, -0.2) is 12.5 Å². The number of amides is 1. The molecule has 5 heteroatoms. The number of nitrogens with one attached hydrogen (secondary N) is 1. The maximum Gasteiger partial charge on any atom is 0.261 e. The van der Waals surface area contributed by atoms with E-state index in [1.807, 2.05) is 42.5 Å². The zero-order chi connectivity index (χ0) is 16.7. The van der Waals surface area contributed by atoms with E-state index in [0.29, 0.717) is 23.0 Å². The molecule has 0 aliphatic carbocycles. The Balaban J connectivity index is 1.96. The zero-order valence-electron chi connectivity index (χ0n) is 12.2. The lowest BCUT2D eigenvalue weighted by atomic mass is 10.1. The normalized spacial score (nSPS) is 10.9. The van der Waals surface area contributed by atoms with Crippen LogP contribution >= 0.6 is 23.2 Å². The van der Waals surface area contributed by atoms with Crippen LogP contribution in [0.25, 0.3) is 6.08 Å². The molecule has 23 heavy (non-hydrogen) atoms. The molecule has 0 aliphatic heterocycles. The second-order valence-corrected chi connectivity index (χ2v) is 5.67. The Morgan fingerprint density at radius 1 is 1.17 bits per heavy atom. The highest BCUT2D eigenvalue weighted by Crippen LogP contribution is 2.21. The molecule has 0 saturated carbocycles. The molecule has 0 aromatic heterocycles. The van der Waals surface area contributed by atoms with E-state index in [1.54, 1.807) is 18.2 Å². The van der Waals surface area contributed by atoms with Crippen molar-refractivity contribution in [2.24, 2.45) is 0 Å². The van der Waals surface area contributed by atoms with Gasteiger partial charge in [0.2, 0.25) is 0 Å². The second-order valence-electron chi connectivity index (χ2n) is 4.82.